The van der Waals surface area contributed by atoms with Gasteiger partial charge in [0, 0.05) is 37.2 Å². The van der Waals surface area contributed by atoms with E-state index in [-0.39, 0.29) is 5.69 Å². The molecule has 4 aromatic rings. The minimum atomic E-state index is -4.53. The number of anilines is 2. The van der Waals surface area contributed by atoms with Crippen LogP contribution in [0.2, 0.25) is 0 Å². The molecule has 4 heterocycles. The number of hydrogen-bond acceptors (Lipinski definition) is 5. The van der Waals surface area contributed by atoms with E-state index >= 15 is 0 Å². The molecule has 1 aliphatic heterocycles. The zero-order valence-corrected chi connectivity index (χ0v) is 18.3. The third-order valence-electron chi connectivity index (χ3n) is 6.05. The van der Waals surface area contributed by atoms with Crippen LogP contribution in [0, 0.1) is 12.8 Å². The van der Waals surface area contributed by atoms with Crippen LogP contribution >= 0.6 is 0 Å². The van der Waals surface area contributed by atoms with Crippen LogP contribution in [0.25, 0.3) is 5.52 Å². The molecular formula is C24H21F3N6O. The number of nitrogens with one attached hydrogen (secondary N) is 1. The van der Waals surface area contributed by atoms with Gasteiger partial charge in [-0.25, -0.2) is 4.52 Å². The summed E-state index contributed by atoms with van der Waals surface area (Å²) in [5.74, 6) is -0.0623. The molecule has 0 bridgehead atoms. The predicted molar refractivity (Wildman–Crippen MR) is 121 cm³/mol. The molecule has 0 aliphatic carbocycles. The van der Waals surface area contributed by atoms with Gasteiger partial charge >= 0.3 is 6.18 Å². The van der Waals surface area contributed by atoms with Gasteiger partial charge in [0.15, 0.2) is 0 Å². The molecular weight excluding hydrogens is 445 g/mol. The molecule has 174 valence electrons. The Labute approximate surface area is 193 Å². The van der Waals surface area contributed by atoms with Crippen LogP contribution in [-0.2, 0) is 12.6 Å². The Bertz CT molecular complexity index is 1360. The van der Waals surface area contributed by atoms with E-state index in [4.69, 9.17) is 0 Å². The normalized spacial score (nSPS) is 14.3. The quantitative estimate of drug-likeness (QED) is 0.473. The average molecular weight is 466 g/mol. The molecule has 5 rings (SSSR count). The number of aryl methyl sites for hydroxylation is 1. The van der Waals surface area contributed by atoms with Crippen LogP contribution in [0.1, 0.15) is 27.0 Å². The van der Waals surface area contributed by atoms with Gasteiger partial charge in [-0.2, -0.15) is 18.3 Å². The summed E-state index contributed by atoms with van der Waals surface area (Å²) in [5.41, 5.74) is 3.59. The number of rotatable bonds is 5. The fourth-order valence-corrected chi connectivity index (χ4v) is 4.17. The van der Waals surface area contributed by atoms with Crippen LogP contribution in [0.15, 0.2) is 61.4 Å². The summed E-state index contributed by atoms with van der Waals surface area (Å²) in [6, 6.07) is 6.22. The minimum Gasteiger partial charge on any atom is -0.368 e. The summed E-state index contributed by atoms with van der Waals surface area (Å²) in [5, 5.41) is 6.87. The molecule has 10 heteroatoms. The number of fused-ring (bicyclic) bond motifs is 1. The second-order valence-corrected chi connectivity index (χ2v) is 8.47. The van der Waals surface area contributed by atoms with Gasteiger partial charge in [0.05, 0.1) is 35.5 Å². The highest BCUT2D eigenvalue weighted by Crippen LogP contribution is 2.31. The number of nitrogens with zero attached hydrogens (tertiary/aromatic N) is 5. The highest BCUT2D eigenvalue weighted by molar-refractivity contribution is 6.04. The van der Waals surface area contributed by atoms with Crippen molar-refractivity contribution in [3.63, 3.8) is 0 Å². The standard InChI is InChI=1S/C24H21F3N6O/c1-15-2-3-17(23(34)31-20-8-19(9-29-10-20)24(25,26)27)7-18(15)6-16-13-32(14-16)21-12-30-33-5-4-28-11-22(21)33/h2-5,7-12,16H,6,13-14H2,1H3,(H,31,34). The highest BCUT2D eigenvalue weighted by Gasteiger charge is 2.31. The number of halogens is 3. The lowest BCUT2D eigenvalue weighted by Crippen LogP contribution is -2.47. The summed E-state index contributed by atoms with van der Waals surface area (Å²) in [6.45, 7) is 3.71. The third-order valence-corrected chi connectivity index (χ3v) is 6.05. The lowest BCUT2D eigenvalue weighted by atomic mass is 9.89. The monoisotopic (exact) mass is 466 g/mol. The molecule has 1 fully saturated rings. The largest absolute Gasteiger partial charge is 0.417 e. The second-order valence-electron chi connectivity index (χ2n) is 8.47. The van der Waals surface area contributed by atoms with Crippen LogP contribution in [0.4, 0.5) is 24.5 Å². The molecule has 3 aromatic heterocycles. The first-order valence-corrected chi connectivity index (χ1v) is 10.7. The molecule has 7 nitrogen and oxygen atoms in total. The molecule has 34 heavy (non-hydrogen) atoms. The number of hydrogen-bond donors (Lipinski definition) is 1. The van der Waals surface area contributed by atoms with Crippen molar-refractivity contribution in [3.05, 3.63) is 83.7 Å². The van der Waals surface area contributed by atoms with Crippen molar-refractivity contribution in [3.8, 4) is 0 Å². The number of carbonyl (C=O) groups is 1. The Morgan fingerprint density at radius 1 is 1.12 bits per heavy atom. The number of pyridine rings is 1. The molecule has 0 unspecified atom stereocenters. The van der Waals surface area contributed by atoms with Crippen molar-refractivity contribution < 1.29 is 18.0 Å². The van der Waals surface area contributed by atoms with E-state index in [0.29, 0.717) is 11.5 Å². The van der Waals surface area contributed by atoms with E-state index in [1.807, 2.05) is 31.5 Å². The van der Waals surface area contributed by atoms with Gasteiger partial charge in [-0.1, -0.05) is 6.07 Å². The first kappa shape index (κ1) is 21.9. The van der Waals surface area contributed by atoms with Gasteiger partial charge in [0.1, 0.15) is 5.52 Å². The zero-order chi connectivity index (χ0) is 23.9. The van der Waals surface area contributed by atoms with E-state index in [2.05, 4.69) is 25.3 Å². The molecule has 1 aromatic carbocycles. The van der Waals surface area contributed by atoms with Crippen LogP contribution < -0.4 is 10.2 Å². The summed E-state index contributed by atoms with van der Waals surface area (Å²) < 4.78 is 40.5. The van der Waals surface area contributed by atoms with Crippen molar-refractivity contribution in [2.75, 3.05) is 23.3 Å². The molecule has 0 spiro atoms. The van der Waals surface area contributed by atoms with E-state index in [9.17, 15) is 18.0 Å². The molecule has 1 N–H and O–H groups in total. The van der Waals surface area contributed by atoms with Crippen molar-refractivity contribution in [2.24, 2.45) is 5.92 Å². The Kier molecular flexibility index (Phi) is 5.43. The fourth-order valence-electron chi connectivity index (χ4n) is 4.17. The molecule has 1 aliphatic rings. The van der Waals surface area contributed by atoms with Crippen LogP contribution in [0.3, 0.4) is 0 Å². The van der Waals surface area contributed by atoms with E-state index in [1.54, 1.807) is 23.0 Å². The first-order valence-electron chi connectivity index (χ1n) is 10.7. The maximum atomic E-state index is 12.9. The average Bonchev–Trinajstić information content (AvgIpc) is 3.20. The topological polar surface area (TPSA) is 75.4 Å². The Morgan fingerprint density at radius 2 is 1.94 bits per heavy atom. The van der Waals surface area contributed by atoms with E-state index < -0.39 is 17.6 Å². The lowest BCUT2D eigenvalue weighted by molar-refractivity contribution is -0.137. The van der Waals surface area contributed by atoms with Crippen molar-refractivity contribution in [2.45, 2.75) is 19.5 Å². The predicted octanol–water partition coefficient (Wildman–Crippen LogP) is 4.38. The van der Waals surface area contributed by atoms with Gasteiger partial charge in [-0.15, -0.1) is 0 Å². The third kappa shape index (κ3) is 4.30. The Hall–Kier alpha value is -3.95. The smallest absolute Gasteiger partial charge is 0.368 e. The zero-order valence-electron chi connectivity index (χ0n) is 18.3. The Balaban J connectivity index is 1.25. The summed E-state index contributed by atoms with van der Waals surface area (Å²) in [6.07, 6.45) is 5.33. The number of aromatic nitrogens is 4. The van der Waals surface area contributed by atoms with E-state index in [1.165, 1.54) is 6.20 Å². The van der Waals surface area contributed by atoms with Crippen molar-refractivity contribution >= 4 is 22.8 Å². The maximum absolute atomic E-state index is 12.9. The number of alkyl halides is 3. The summed E-state index contributed by atoms with van der Waals surface area (Å²) >= 11 is 0. The summed E-state index contributed by atoms with van der Waals surface area (Å²) in [7, 11) is 0. The van der Waals surface area contributed by atoms with Crippen molar-refractivity contribution in [1.82, 2.24) is 19.6 Å². The molecule has 0 saturated carbocycles. The van der Waals surface area contributed by atoms with Gasteiger partial charge in [-0.05, 0) is 48.6 Å². The fraction of sp³-hybridized carbons (Fsp3) is 0.250. The van der Waals surface area contributed by atoms with Gasteiger partial charge in [0.25, 0.3) is 5.91 Å². The van der Waals surface area contributed by atoms with Gasteiger partial charge < -0.3 is 10.2 Å². The van der Waals surface area contributed by atoms with Gasteiger partial charge in [0.2, 0.25) is 0 Å². The van der Waals surface area contributed by atoms with Crippen molar-refractivity contribution in [1.29, 1.82) is 0 Å². The van der Waals surface area contributed by atoms with Crippen LogP contribution in [-0.4, -0.2) is 38.6 Å². The second kappa shape index (κ2) is 8.44. The number of benzene rings is 1. The number of carbonyl (C=O) groups excluding carboxylic acids is 1. The molecule has 0 radical (unpaired) electrons. The minimum absolute atomic E-state index is 0.000483. The number of amides is 1. The SMILES string of the molecule is Cc1ccc(C(=O)Nc2cncc(C(F)(F)F)c2)cc1CC1CN(c2cnn3ccncc23)C1. The molecule has 1 amide bonds. The van der Waals surface area contributed by atoms with Crippen LogP contribution in [0.5, 0.6) is 0 Å². The summed E-state index contributed by atoms with van der Waals surface area (Å²) in [4.78, 5) is 22.7. The molecule has 0 atom stereocenters. The van der Waals surface area contributed by atoms with E-state index in [0.717, 1.165) is 54.1 Å². The lowest BCUT2D eigenvalue weighted by Gasteiger charge is -2.40. The highest BCUT2D eigenvalue weighted by atomic mass is 19.4. The Morgan fingerprint density at radius 3 is 2.74 bits per heavy atom. The molecule has 1 saturated heterocycles. The first-order chi connectivity index (χ1) is 16.3. The van der Waals surface area contributed by atoms with Gasteiger partial charge in [-0.3, -0.25) is 14.8 Å². The maximum Gasteiger partial charge on any atom is 0.417 e.